The van der Waals surface area contributed by atoms with Crippen LogP contribution in [0.4, 0.5) is 0 Å². The predicted octanol–water partition coefficient (Wildman–Crippen LogP) is 1.03. The summed E-state index contributed by atoms with van der Waals surface area (Å²) < 4.78 is 0. The minimum atomic E-state index is -2.65. The number of hydrogen-bond acceptors (Lipinski definition) is 8. The van der Waals surface area contributed by atoms with Gasteiger partial charge >= 0.3 is 0 Å². The van der Waals surface area contributed by atoms with Gasteiger partial charge in [0.25, 0.3) is 5.91 Å². The molecule has 0 heterocycles. The molecule has 3 atom stereocenters. The number of carbonyl (C=O) groups is 3. The average molecular weight is 507 g/mol. The Hall–Kier alpha value is -2.95. The number of ketones is 2. The number of aryl methyl sites for hydroxylation is 1. The average Bonchev–Trinajstić information content (AvgIpc) is 2.68. The molecule has 0 aromatic heterocycles. The number of amides is 1. The Morgan fingerprint density at radius 2 is 1.81 bits per heavy atom. The molecule has 0 radical (unpaired) electrons. The van der Waals surface area contributed by atoms with Crippen molar-refractivity contribution in [1.29, 1.82) is 0 Å². The molecule has 0 aliphatic heterocycles. The lowest BCUT2D eigenvalue weighted by molar-refractivity contribution is -0.132. The molecule has 0 spiro atoms. The summed E-state index contributed by atoms with van der Waals surface area (Å²) in [6.07, 6.45) is -0.0484. The van der Waals surface area contributed by atoms with E-state index in [0.717, 1.165) is 0 Å². The van der Waals surface area contributed by atoms with Gasteiger partial charge in [0.2, 0.25) is 5.78 Å². The van der Waals surface area contributed by atoms with Crippen LogP contribution in [-0.4, -0.2) is 68.5 Å². The summed E-state index contributed by atoms with van der Waals surface area (Å²) >= 11 is 0. The molecule has 32 heavy (non-hydrogen) atoms. The van der Waals surface area contributed by atoms with Gasteiger partial charge in [0.05, 0.1) is 17.0 Å². The number of hydrogen-bond donors (Lipinski definition) is 5. The van der Waals surface area contributed by atoms with Gasteiger partial charge in [-0.25, -0.2) is 0 Å². The smallest absolute Gasteiger partial charge is 0.255 e. The molecule has 2 aromatic rings. The zero-order valence-electron chi connectivity index (χ0n) is 17.5. The molecular formula is C22H23BrN2O7. The van der Waals surface area contributed by atoms with Crippen LogP contribution in [-0.2, 0) is 16.0 Å². The standard InChI is InChI=1S/C22H22N2O7.BrH/c1-8-9-5-4-6-12(25)13(9)17(26)14-10(8)7-11-16(24(2)3)18(27)15(21(23)30)20(29)22(11,31)19(14)28;/h4-6,11,16,25-26,29,31H,7H2,1-3H3,(H2,23,30);1H/t11-,16-,22?;/m1./s1. The van der Waals surface area contributed by atoms with Crippen LogP contribution in [0.1, 0.15) is 21.5 Å². The van der Waals surface area contributed by atoms with Crippen molar-refractivity contribution in [3.8, 4) is 11.5 Å². The third kappa shape index (κ3) is 2.79. The number of phenolic OH excluding ortho intramolecular Hbond substituents is 2. The third-order valence-corrected chi connectivity index (χ3v) is 6.51. The summed E-state index contributed by atoms with van der Waals surface area (Å²) in [5.74, 6) is -6.18. The van der Waals surface area contributed by atoms with Crippen molar-refractivity contribution < 1.29 is 34.8 Å². The van der Waals surface area contributed by atoms with E-state index in [1.807, 2.05) is 0 Å². The Balaban J connectivity index is 0.00000289. The molecule has 9 nitrogen and oxygen atoms in total. The number of phenols is 2. The maximum Gasteiger partial charge on any atom is 0.255 e. The van der Waals surface area contributed by atoms with Crippen LogP contribution in [0.2, 0.25) is 0 Å². The van der Waals surface area contributed by atoms with Crippen molar-refractivity contribution >= 4 is 45.2 Å². The molecule has 4 rings (SSSR count). The minimum Gasteiger partial charge on any atom is -0.508 e. The van der Waals surface area contributed by atoms with Crippen LogP contribution in [0.25, 0.3) is 10.8 Å². The second-order valence-corrected chi connectivity index (χ2v) is 8.29. The first kappa shape index (κ1) is 23.7. The van der Waals surface area contributed by atoms with Gasteiger partial charge in [-0.2, -0.15) is 0 Å². The molecule has 170 valence electrons. The Bertz CT molecular complexity index is 1240. The number of aliphatic hydroxyl groups excluding tert-OH is 1. The van der Waals surface area contributed by atoms with E-state index < -0.39 is 52.1 Å². The van der Waals surface area contributed by atoms with E-state index in [1.165, 1.54) is 11.0 Å². The second-order valence-electron chi connectivity index (χ2n) is 8.29. The number of nitrogens with zero attached hydrogens (tertiary/aromatic N) is 1. The highest BCUT2D eigenvalue weighted by Crippen LogP contribution is 2.50. The fourth-order valence-electron chi connectivity index (χ4n) is 5.04. The third-order valence-electron chi connectivity index (χ3n) is 6.51. The minimum absolute atomic E-state index is 0. The van der Waals surface area contributed by atoms with E-state index >= 15 is 0 Å². The largest absolute Gasteiger partial charge is 0.508 e. The molecule has 2 aliphatic carbocycles. The van der Waals surface area contributed by atoms with Crippen LogP contribution in [0.3, 0.4) is 0 Å². The summed E-state index contributed by atoms with van der Waals surface area (Å²) in [4.78, 5) is 39.9. The molecule has 0 bridgehead atoms. The van der Waals surface area contributed by atoms with Gasteiger partial charge in [0.15, 0.2) is 11.4 Å². The van der Waals surface area contributed by atoms with Crippen molar-refractivity contribution in [3.05, 3.63) is 46.2 Å². The van der Waals surface area contributed by atoms with Crippen LogP contribution in [0.5, 0.6) is 11.5 Å². The monoisotopic (exact) mass is 506 g/mol. The summed E-state index contributed by atoms with van der Waals surface area (Å²) in [6, 6.07) is 3.50. The maximum atomic E-state index is 13.6. The molecule has 6 N–H and O–H groups in total. The second kappa shape index (κ2) is 7.58. The van der Waals surface area contributed by atoms with Gasteiger partial charge in [-0.3, -0.25) is 19.3 Å². The normalized spacial score (nSPS) is 24.9. The Morgan fingerprint density at radius 1 is 1.19 bits per heavy atom. The van der Waals surface area contributed by atoms with E-state index in [4.69, 9.17) is 5.73 Å². The van der Waals surface area contributed by atoms with E-state index in [9.17, 15) is 34.8 Å². The molecule has 0 saturated carbocycles. The number of halogens is 1. The number of nitrogens with two attached hydrogens (primary N) is 1. The van der Waals surface area contributed by atoms with Gasteiger partial charge in [-0.05, 0) is 50.0 Å². The van der Waals surface area contributed by atoms with Crippen molar-refractivity contribution in [1.82, 2.24) is 4.90 Å². The van der Waals surface area contributed by atoms with Gasteiger partial charge in [-0.1, -0.05) is 12.1 Å². The molecule has 2 aromatic carbocycles. The Labute approximate surface area is 193 Å². The molecule has 10 heteroatoms. The van der Waals surface area contributed by atoms with Crippen LogP contribution in [0, 0.1) is 12.8 Å². The zero-order chi connectivity index (χ0) is 23.0. The number of likely N-dealkylation sites (N-methyl/N-ethyl adjacent to an activating group) is 1. The number of aromatic hydroxyl groups is 2. The number of carbonyl (C=O) groups excluding carboxylic acids is 3. The predicted molar refractivity (Wildman–Crippen MR) is 120 cm³/mol. The van der Waals surface area contributed by atoms with Crippen molar-refractivity contribution in [2.24, 2.45) is 11.7 Å². The van der Waals surface area contributed by atoms with E-state index in [2.05, 4.69) is 0 Å². The first-order valence-electron chi connectivity index (χ1n) is 9.61. The summed E-state index contributed by atoms with van der Waals surface area (Å²) in [6.45, 7) is 1.71. The summed E-state index contributed by atoms with van der Waals surface area (Å²) in [5.41, 5.74) is 2.50. The van der Waals surface area contributed by atoms with Crippen LogP contribution in [0.15, 0.2) is 29.5 Å². The number of rotatable bonds is 2. The Kier molecular flexibility index (Phi) is 5.61. The van der Waals surface area contributed by atoms with Crippen LogP contribution < -0.4 is 5.73 Å². The zero-order valence-corrected chi connectivity index (χ0v) is 19.3. The number of Topliss-reactive ketones (excluding diaryl/α,β-unsaturated/α-hetero) is 2. The highest BCUT2D eigenvalue weighted by molar-refractivity contribution is 8.93. The molecule has 2 aliphatic rings. The summed E-state index contributed by atoms with van der Waals surface area (Å²) in [7, 11) is 3.10. The number of benzene rings is 2. The summed E-state index contributed by atoms with van der Waals surface area (Å²) in [5, 5.41) is 43.9. The maximum absolute atomic E-state index is 13.6. The number of aliphatic hydroxyl groups is 2. The molecule has 0 saturated heterocycles. The topological polar surface area (TPSA) is 161 Å². The van der Waals surface area contributed by atoms with Crippen molar-refractivity contribution in [2.45, 2.75) is 25.0 Å². The lowest BCUT2D eigenvalue weighted by Gasteiger charge is -2.47. The Morgan fingerprint density at radius 3 is 2.38 bits per heavy atom. The quantitative estimate of drug-likeness (QED) is 0.377. The highest BCUT2D eigenvalue weighted by Gasteiger charge is 2.62. The molecular weight excluding hydrogens is 484 g/mol. The lowest BCUT2D eigenvalue weighted by Crippen LogP contribution is -2.64. The van der Waals surface area contributed by atoms with E-state index in [-0.39, 0.29) is 40.1 Å². The molecule has 1 amide bonds. The molecule has 0 fully saturated rings. The number of fused-ring (bicyclic) bond motifs is 3. The van der Waals surface area contributed by atoms with E-state index in [1.54, 1.807) is 33.2 Å². The highest BCUT2D eigenvalue weighted by atomic mass is 79.9. The fraction of sp³-hybridized carbons (Fsp3) is 0.318. The van der Waals surface area contributed by atoms with Crippen molar-refractivity contribution in [3.63, 3.8) is 0 Å². The van der Waals surface area contributed by atoms with Crippen LogP contribution >= 0.6 is 17.0 Å². The first-order chi connectivity index (χ1) is 14.4. The lowest BCUT2D eigenvalue weighted by atomic mass is 9.61. The van der Waals surface area contributed by atoms with E-state index in [0.29, 0.717) is 16.5 Å². The van der Waals surface area contributed by atoms with Gasteiger partial charge < -0.3 is 26.2 Å². The fourth-order valence-corrected chi connectivity index (χ4v) is 5.04. The van der Waals surface area contributed by atoms with Crippen molar-refractivity contribution in [2.75, 3.05) is 14.1 Å². The SMILES string of the molecule is Br.Cc1c2c(c(O)c3c(O)cccc13)C(=O)C1(O)C(O)=C(C(N)=O)C(=O)[C@H](N(C)C)[C@H]1C2. The van der Waals surface area contributed by atoms with Gasteiger partial charge in [0.1, 0.15) is 22.8 Å². The van der Waals surface area contributed by atoms with Gasteiger partial charge in [-0.15, -0.1) is 17.0 Å². The number of primary amides is 1. The van der Waals surface area contributed by atoms with Gasteiger partial charge in [0, 0.05) is 5.92 Å². The molecule has 1 unspecified atom stereocenters. The first-order valence-corrected chi connectivity index (χ1v) is 9.61.